The summed E-state index contributed by atoms with van der Waals surface area (Å²) in [5.41, 5.74) is 0.326. The lowest BCUT2D eigenvalue weighted by molar-refractivity contribution is -0.182. The van der Waals surface area contributed by atoms with Gasteiger partial charge in [-0.3, -0.25) is 0 Å². The monoisotopic (exact) mass is 312 g/mol. The first-order chi connectivity index (χ1) is 9.77. The fraction of sp³-hybridized carbons (Fsp3) is 1.00. The van der Waals surface area contributed by atoms with Gasteiger partial charge in [0.15, 0.2) is 5.79 Å². The molecule has 1 saturated heterocycles. The Morgan fingerprint density at radius 2 is 1.64 bits per heavy atom. The standard InChI is InChI=1S/C20H40O2/c1-11-17(4,5)15(2)13-12-14-18(6,7)20(10)16(3)21-19(8,9)22-20/h15-16H,11-14H2,1-10H3/t15-,16-,20+/m1/s1. The zero-order valence-electron chi connectivity index (χ0n) is 16.8. The van der Waals surface area contributed by atoms with E-state index in [-0.39, 0.29) is 17.1 Å². The summed E-state index contributed by atoms with van der Waals surface area (Å²) in [5, 5.41) is 0. The van der Waals surface area contributed by atoms with Gasteiger partial charge in [-0.05, 0) is 50.9 Å². The molecule has 0 spiro atoms. The van der Waals surface area contributed by atoms with Crippen molar-refractivity contribution >= 4 is 0 Å². The molecule has 0 amide bonds. The highest BCUT2D eigenvalue weighted by atomic mass is 16.8. The third-order valence-corrected chi connectivity index (χ3v) is 6.72. The Labute approximate surface area is 139 Å². The maximum Gasteiger partial charge on any atom is 0.164 e. The van der Waals surface area contributed by atoms with Crippen molar-refractivity contribution in [1.82, 2.24) is 0 Å². The number of ether oxygens (including phenoxy) is 2. The minimum absolute atomic E-state index is 0.107. The summed E-state index contributed by atoms with van der Waals surface area (Å²) in [6.45, 7) is 22.6. The Morgan fingerprint density at radius 3 is 2.05 bits per heavy atom. The molecule has 1 rings (SSSR count). The van der Waals surface area contributed by atoms with Gasteiger partial charge in [0, 0.05) is 0 Å². The van der Waals surface area contributed by atoms with Crippen LogP contribution in [0.25, 0.3) is 0 Å². The van der Waals surface area contributed by atoms with Gasteiger partial charge in [0.1, 0.15) is 0 Å². The average molecular weight is 313 g/mol. The minimum Gasteiger partial charge on any atom is -0.345 e. The highest BCUT2D eigenvalue weighted by molar-refractivity contribution is 5.00. The molecule has 0 aromatic carbocycles. The summed E-state index contributed by atoms with van der Waals surface area (Å²) in [7, 11) is 0. The maximum atomic E-state index is 6.34. The van der Waals surface area contributed by atoms with Gasteiger partial charge < -0.3 is 9.47 Å². The van der Waals surface area contributed by atoms with Crippen molar-refractivity contribution in [2.45, 2.75) is 112 Å². The van der Waals surface area contributed by atoms with E-state index < -0.39 is 5.79 Å². The smallest absolute Gasteiger partial charge is 0.164 e. The normalized spacial score (nSPS) is 30.5. The van der Waals surface area contributed by atoms with Crippen LogP contribution in [0.2, 0.25) is 0 Å². The van der Waals surface area contributed by atoms with Crippen molar-refractivity contribution in [2.75, 3.05) is 0 Å². The van der Waals surface area contributed by atoms with E-state index in [1.807, 2.05) is 13.8 Å². The molecule has 1 aliphatic heterocycles. The van der Waals surface area contributed by atoms with Crippen molar-refractivity contribution in [1.29, 1.82) is 0 Å². The van der Waals surface area contributed by atoms with Crippen LogP contribution in [0.5, 0.6) is 0 Å². The molecule has 3 atom stereocenters. The van der Waals surface area contributed by atoms with Crippen molar-refractivity contribution in [3.05, 3.63) is 0 Å². The van der Waals surface area contributed by atoms with Crippen LogP contribution in [0.4, 0.5) is 0 Å². The van der Waals surface area contributed by atoms with Gasteiger partial charge in [-0.15, -0.1) is 0 Å². The second-order valence-corrected chi connectivity index (χ2v) is 9.39. The fourth-order valence-electron chi connectivity index (χ4n) is 3.68. The molecule has 132 valence electrons. The van der Waals surface area contributed by atoms with Crippen LogP contribution in [0.1, 0.15) is 94.9 Å². The summed E-state index contributed by atoms with van der Waals surface area (Å²) in [5.74, 6) is 0.291. The zero-order chi connectivity index (χ0) is 17.4. The number of rotatable bonds is 7. The van der Waals surface area contributed by atoms with E-state index >= 15 is 0 Å². The maximum absolute atomic E-state index is 6.34. The molecule has 0 N–H and O–H groups in total. The van der Waals surface area contributed by atoms with E-state index in [0.29, 0.717) is 5.41 Å². The van der Waals surface area contributed by atoms with Gasteiger partial charge >= 0.3 is 0 Å². The quantitative estimate of drug-likeness (QED) is 0.558. The molecule has 1 aliphatic rings. The molecule has 1 fully saturated rings. The number of hydrogen-bond acceptors (Lipinski definition) is 2. The third kappa shape index (κ3) is 4.06. The van der Waals surface area contributed by atoms with Crippen molar-refractivity contribution < 1.29 is 9.47 Å². The van der Waals surface area contributed by atoms with Crippen molar-refractivity contribution in [3.8, 4) is 0 Å². The summed E-state index contributed by atoms with van der Waals surface area (Å²) >= 11 is 0. The highest BCUT2D eigenvalue weighted by Crippen LogP contribution is 2.49. The molecule has 2 heteroatoms. The SMILES string of the molecule is CCC(C)(C)[C@H](C)CCCC(C)(C)[C@@]1(C)OC(C)(C)O[C@@H]1C. The van der Waals surface area contributed by atoms with E-state index in [1.165, 1.54) is 25.7 Å². The minimum atomic E-state index is -0.469. The van der Waals surface area contributed by atoms with E-state index in [1.54, 1.807) is 0 Å². The second-order valence-electron chi connectivity index (χ2n) is 9.39. The topological polar surface area (TPSA) is 18.5 Å². The Bertz CT molecular complexity index is 370. The molecular weight excluding hydrogens is 272 g/mol. The first-order valence-corrected chi connectivity index (χ1v) is 9.15. The fourth-order valence-corrected chi connectivity index (χ4v) is 3.68. The molecule has 1 heterocycles. The molecular formula is C20H40O2. The van der Waals surface area contributed by atoms with Crippen LogP contribution in [0.3, 0.4) is 0 Å². The summed E-state index contributed by atoms with van der Waals surface area (Å²) < 4.78 is 12.4. The Morgan fingerprint density at radius 1 is 1.09 bits per heavy atom. The molecule has 0 bridgehead atoms. The Balaban J connectivity index is 2.65. The lowest BCUT2D eigenvalue weighted by Gasteiger charge is -2.43. The lowest BCUT2D eigenvalue weighted by atomic mass is 9.68. The van der Waals surface area contributed by atoms with Gasteiger partial charge in [-0.2, -0.15) is 0 Å². The van der Waals surface area contributed by atoms with Gasteiger partial charge in [-0.1, -0.05) is 60.8 Å². The van der Waals surface area contributed by atoms with Gasteiger partial charge in [0.05, 0.1) is 11.7 Å². The van der Waals surface area contributed by atoms with Crippen molar-refractivity contribution in [2.24, 2.45) is 16.7 Å². The zero-order valence-corrected chi connectivity index (χ0v) is 16.8. The van der Waals surface area contributed by atoms with Gasteiger partial charge in [0.2, 0.25) is 0 Å². The van der Waals surface area contributed by atoms with Crippen LogP contribution in [0.15, 0.2) is 0 Å². The number of hydrogen-bond donors (Lipinski definition) is 0. The molecule has 0 aromatic rings. The van der Waals surface area contributed by atoms with Crippen LogP contribution >= 0.6 is 0 Å². The molecule has 0 unspecified atom stereocenters. The molecule has 0 aromatic heterocycles. The first-order valence-electron chi connectivity index (χ1n) is 9.15. The van der Waals surface area contributed by atoms with E-state index in [4.69, 9.17) is 9.47 Å². The molecule has 0 radical (unpaired) electrons. The van der Waals surface area contributed by atoms with E-state index in [2.05, 4.69) is 55.4 Å². The van der Waals surface area contributed by atoms with Crippen LogP contribution in [-0.2, 0) is 9.47 Å². The molecule has 22 heavy (non-hydrogen) atoms. The predicted octanol–water partition coefficient (Wildman–Crippen LogP) is 6.19. The van der Waals surface area contributed by atoms with Crippen LogP contribution < -0.4 is 0 Å². The first kappa shape index (κ1) is 20.0. The van der Waals surface area contributed by atoms with Crippen LogP contribution in [0, 0.1) is 16.7 Å². The van der Waals surface area contributed by atoms with Gasteiger partial charge in [0.25, 0.3) is 0 Å². The van der Waals surface area contributed by atoms with E-state index in [0.717, 1.165) is 5.92 Å². The summed E-state index contributed by atoms with van der Waals surface area (Å²) in [6.07, 6.45) is 5.10. The largest absolute Gasteiger partial charge is 0.345 e. The summed E-state index contributed by atoms with van der Waals surface area (Å²) in [4.78, 5) is 0. The molecule has 0 aliphatic carbocycles. The Hall–Kier alpha value is -0.0800. The highest BCUT2D eigenvalue weighted by Gasteiger charge is 2.55. The third-order valence-electron chi connectivity index (χ3n) is 6.72. The van der Waals surface area contributed by atoms with Crippen molar-refractivity contribution in [3.63, 3.8) is 0 Å². The second kappa shape index (κ2) is 6.43. The van der Waals surface area contributed by atoms with Crippen LogP contribution in [-0.4, -0.2) is 17.5 Å². The molecule has 2 nitrogen and oxygen atoms in total. The Kier molecular flexibility index (Phi) is 5.84. The molecule has 0 saturated carbocycles. The predicted molar refractivity (Wildman–Crippen MR) is 95.0 cm³/mol. The van der Waals surface area contributed by atoms with Gasteiger partial charge in [-0.25, -0.2) is 0 Å². The average Bonchev–Trinajstić information content (AvgIpc) is 2.58. The van der Waals surface area contributed by atoms with E-state index in [9.17, 15) is 0 Å². The lowest BCUT2D eigenvalue weighted by Crippen LogP contribution is -2.49. The summed E-state index contributed by atoms with van der Waals surface area (Å²) in [6, 6.07) is 0.